The van der Waals surface area contributed by atoms with Crippen molar-refractivity contribution in [2.45, 2.75) is 39.3 Å². The first-order chi connectivity index (χ1) is 8.26. The van der Waals surface area contributed by atoms with Crippen molar-refractivity contribution in [3.05, 3.63) is 29.8 Å². The first kappa shape index (κ1) is 14.0. The summed E-state index contributed by atoms with van der Waals surface area (Å²) in [5.41, 5.74) is 6.80. The van der Waals surface area contributed by atoms with Crippen LogP contribution in [0.1, 0.15) is 32.3 Å². The summed E-state index contributed by atoms with van der Waals surface area (Å²) in [4.78, 5) is 0. The maximum atomic E-state index is 5.61. The molecule has 0 aliphatic rings. The molecular weight excluding hydrogens is 212 g/mol. The fourth-order valence-corrected chi connectivity index (χ4v) is 1.41. The van der Waals surface area contributed by atoms with Crippen molar-refractivity contribution in [3.8, 4) is 5.75 Å². The molecule has 3 N–H and O–H groups in total. The van der Waals surface area contributed by atoms with E-state index in [-0.39, 0.29) is 0 Å². The Labute approximate surface area is 104 Å². The summed E-state index contributed by atoms with van der Waals surface area (Å²) >= 11 is 0. The fourth-order valence-electron chi connectivity index (χ4n) is 1.41. The van der Waals surface area contributed by atoms with Crippen LogP contribution in [-0.4, -0.2) is 19.2 Å². The molecule has 0 unspecified atom stereocenters. The van der Waals surface area contributed by atoms with E-state index >= 15 is 0 Å². The molecule has 0 saturated carbocycles. The van der Waals surface area contributed by atoms with Gasteiger partial charge in [-0.15, -0.1) is 0 Å². The molecule has 0 aliphatic carbocycles. The minimum absolute atomic E-state index is 0.357. The van der Waals surface area contributed by atoms with E-state index in [9.17, 15) is 0 Å². The molecule has 0 fully saturated rings. The van der Waals surface area contributed by atoms with Gasteiger partial charge in [-0.3, -0.25) is 0 Å². The number of hydrogen-bond acceptors (Lipinski definition) is 3. The van der Waals surface area contributed by atoms with E-state index < -0.39 is 0 Å². The van der Waals surface area contributed by atoms with Crippen LogP contribution in [0.25, 0.3) is 0 Å². The molecule has 3 heteroatoms. The van der Waals surface area contributed by atoms with Gasteiger partial charge in [-0.25, -0.2) is 0 Å². The van der Waals surface area contributed by atoms with E-state index in [1.807, 2.05) is 12.1 Å². The number of unbranched alkanes of at least 4 members (excludes halogenated alkanes) is 1. The van der Waals surface area contributed by atoms with Gasteiger partial charge in [0.05, 0.1) is 6.61 Å². The lowest BCUT2D eigenvalue weighted by molar-refractivity contribution is 0.309. The van der Waals surface area contributed by atoms with Crippen molar-refractivity contribution in [1.82, 2.24) is 5.32 Å². The largest absolute Gasteiger partial charge is 0.494 e. The molecule has 3 nitrogen and oxygen atoms in total. The predicted octanol–water partition coefficient (Wildman–Crippen LogP) is 2.30. The lowest BCUT2D eigenvalue weighted by Gasteiger charge is -2.11. The molecule has 17 heavy (non-hydrogen) atoms. The summed E-state index contributed by atoms with van der Waals surface area (Å²) in [6.07, 6.45) is 2.27. The Morgan fingerprint density at radius 1 is 1.29 bits per heavy atom. The molecule has 0 saturated heterocycles. The van der Waals surface area contributed by atoms with Gasteiger partial charge in [0.2, 0.25) is 0 Å². The van der Waals surface area contributed by atoms with Crippen molar-refractivity contribution >= 4 is 0 Å². The third kappa shape index (κ3) is 5.71. The monoisotopic (exact) mass is 236 g/mol. The average Bonchev–Trinajstić information content (AvgIpc) is 2.37. The lowest BCUT2D eigenvalue weighted by atomic mass is 10.2. The maximum absolute atomic E-state index is 5.61. The van der Waals surface area contributed by atoms with Gasteiger partial charge in [-0.2, -0.15) is 0 Å². The van der Waals surface area contributed by atoms with Crippen LogP contribution in [0.4, 0.5) is 0 Å². The number of ether oxygens (including phenoxy) is 1. The topological polar surface area (TPSA) is 47.3 Å². The van der Waals surface area contributed by atoms with Crippen LogP contribution in [0, 0.1) is 0 Å². The second kappa shape index (κ2) is 8.09. The summed E-state index contributed by atoms with van der Waals surface area (Å²) in [5.74, 6) is 0.953. The normalized spacial score (nSPS) is 12.4. The third-order valence-electron chi connectivity index (χ3n) is 2.70. The summed E-state index contributed by atoms with van der Waals surface area (Å²) in [6, 6.07) is 8.60. The van der Waals surface area contributed by atoms with Gasteiger partial charge >= 0.3 is 0 Å². The maximum Gasteiger partial charge on any atom is 0.119 e. The summed E-state index contributed by atoms with van der Waals surface area (Å²) in [6.45, 7) is 6.57. The highest BCUT2D eigenvalue weighted by molar-refractivity contribution is 5.27. The van der Waals surface area contributed by atoms with E-state index in [4.69, 9.17) is 10.5 Å². The van der Waals surface area contributed by atoms with E-state index in [1.54, 1.807) is 0 Å². The van der Waals surface area contributed by atoms with E-state index in [1.165, 1.54) is 12.0 Å². The second-order valence-corrected chi connectivity index (χ2v) is 4.36. The SMILES string of the molecule is CCCCOc1ccc(CN[C@@H](C)CN)cc1. The van der Waals surface area contributed by atoms with Crippen molar-refractivity contribution in [2.75, 3.05) is 13.2 Å². The average molecular weight is 236 g/mol. The first-order valence-electron chi connectivity index (χ1n) is 6.41. The van der Waals surface area contributed by atoms with Crippen LogP contribution in [0.15, 0.2) is 24.3 Å². The zero-order valence-electron chi connectivity index (χ0n) is 10.9. The highest BCUT2D eigenvalue weighted by atomic mass is 16.5. The Morgan fingerprint density at radius 2 is 2.00 bits per heavy atom. The summed E-state index contributed by atoms with van der Waals surface area (Å²) in [7, 11) is 0. The Hall–Kier alpha value is -1.06. The number of benzene rings is 1. The molecular formula is C14H24N2O. The molecule has 1 rings (SSSR count). The zero-order valence-corrected chi connectivity index (χ0v) is 10.9. The minimum Gasteiger partial charge on any atom is -0.494 e. The summed E-state index contributed by atoms with van der Waals surface area (Å²) in [5, 5.41) is 3.35. The van der Waals surface area contributed by atoms with Crippen LogP contribution < -0.4 is 15.8 Å². The molecule has 1 aromatic carbocycles. The number of nitrogens with two attached hydrogens (primary N) is 1. The van der Waals surface area contributed by atoms with Gasteiger partial charge < -0.3 is 15.8 Å². The Morgan fingerprint density at radius 3 is 2.59 bits per heavy atom. The van der Waals surface area contributed by atoms with Crippen molar-refractivity contribution in [2.24, 2.45) is 5.73 Å². The van der Waals surface area contributed by atoms with Crippen molar-refractivity contribution < 1.29 is 4.74 Å². The molecule has 0 spiro atoms. The van der Waals surface area contributed by atoms with Gasteiger partial charge in [0.1, 0.15) is 5.75 Å². The Kier molecular flexibility index (Phi) is 6.67. The van der Waals surface area contributed by atoms with Gasteiger partial charge in [-0.05, 0) is 31.0 Å². The second-order valence-electron chi connectivity index (χ2n) is 4.36. The number of hydrogen-bond donors (Lipinski definition) is 2. The Bertz CT molecular complexity index is 298. The van der Waals surface area contributed by atoms with Crippen molar-refractivity contribution in [1.29, 1.82) is 0 Å². The molecule has 96 valence electrons. The molecule has 0 aromatic heterocycles. The minimum atomic E-state index is 0.357. The van der Waals surface area contributed by atoms with Crippen LogP contribution >= 0.6 is 0 Å². The van der Waals surface area contributed by atoms with Gasteiger partial charge in [0, 0.05) is 19.1 Å². The van der Waals surface area contributed by atoms with Crippen LogP contribution in [-0.2, 0) is 6.54 Å². The summed E-state index contributed by atoms with van der Waals surface area (Å²) < 4.78 is 5.61. The Balaban J connectivity index is 2.34. The molecule has 0 heterocycles. The van der Waals surface area contributed by atoms with E-state index in [2.05, 4.69) is 31.3 Å². The quantitative estimate of drug-likeness (QED) is 0.681. The molecule has 1 atom stereocenters. The first-order valence-corrected chi connectivity index (χ1v) is 6.41. The molecule has 0 amide bonds. The molecule has 0 aliphatic heterocycles. The number of rotatable bonds is 8. The van der Waals surface area contributed by atoms with Gasteiger partial charge in [-0.1, -0.05) is 25.5 Å². The van der Waals surface area contributed by atoms with Crippen LogP contribution in [0.5, 0.6) is 5.75 Å². The highest BCUT2D eigenvalue weighted by Crippen LogP contribution is 2.12. The molecule has 0 radical (unpaired) electrons. The van der Waals surface area contributed by atoms with E-state index in [0.717, 1.165) is 25.3 Å². The van der Waals surface area contributed by atoms with Gasteiger partial charge in [0.15, 0.2) is 0 Å². The predicted molar refractivity (Wildman–Crippen MR) is 72.2 cm³/mol. The van der Waals surface area contributed by atoms with Gasteiger partial charge in [0.25, 0.3) is 0 Å². The fraction of sp³-hybridized carbons (Fsp3) is 0.571. The lowest BCUT2D eigenvalue weighted by Crippen LogP contribution is -2.32. The number of nitrogens with one attached hydrogen (secondary N) is 1. The van der Waals surface area contributed by atoms with E-state index in [0.29, 0.717) is 12.6 Å². The molecule has 1 aromatic rings. The standard InChI is InChI=1S/C14H24N2O/c1-3-4-9-17-14-7-5-13(6-8-14)11-16-12(2)10-15/h5-8,12,16H,3-4,9-11,15H2,1-2H3/t12-/m0/s1. The highest BCUT2D eigenvalue weighted by Gasteiger charge is 1.99. The van der Waals surface area contributed by atoms with Crippen LogP contribution in [0.2, 0.25) is 0 Å². The van der Waals surface area contributed by atoms with Crippen molar-refractivity contribution in [3.63, 3.8) is 0 Å². The smallest absolute Gasteiger partial charge is 0.119 e. The zero-order chi connectivity index (χ0) is 12.5. The third-order valence-corrected chi connectivity index (χ3v) is 2.70. The molecule has 0 bridgehead atoms. The van der Waals surface area contributed by atoms with Crippen LogP contribution in [0.3, 0.4) is 0 Å².